The van der Waals surface area contributed by atoms with Crippen molar-refractivity contribution in [3.8, 4) is 5.75 Å². The molecule has 0 saturated carbocycles. The van der Waals surface area contributed by atoms with Crippen LogP contribution in [0.5, 0.6) is 5.75 Å². The Bertz CT molecular complexity index is 619. The van der Waals surface area contributed by atoms with E-state index in [0.717, 1.165) is 12.1 Å². The van der Waals surface area contributed by atoms with Crippen LogP contribution < -0.4 is 4.74 Å². The van der Waals surface area contributed by atoms with Gasteiger partial charge in [0.15, 0.2) is 6.61 Å². The molecule has 0 spiro atoms. The zero-order valence-electron chi connectivity index (χ0n) is 10.00. The lowest BCUT2D eigenvalue weighted by Crippen LogP contribution is -2.15. The van der Waals surface area contributed by atoms with Crippen molar-refractivity contribution >= 4 is 37.6 Å². The predicted octanol–water partition coefficient (Wildman–Crippen LogP) is 4.75. The number of hydrogen-bond donors (Lipinski definition) is 0. The molecule has 2 rings (SSSR count). The molecule has 2 aromatic rings. The highest BCUT2D eigenvalue weighted by Gasteiger charge is 2.18. The molecular formula is C14H8Br2F2O2. The first-order valence-electron chi connectivity index (χ1n) is 5.54. The van der Waals surface area contributed by atoms with Crippen LogP contribution in [0.1, 0.15) is 10.4 Å². The zero-order chi connectivity index (χ0) is 14.7. The maximum atomic E-state index is 13.5. The van der Waals surface area contributed by atoms with E-state index in [-0.39, 0.29) is 0 Å². The third-order valence-corrected chi connectivity index (χ3v) is 3.76. The van der Waals surface area contributed by atoms with Gasteiger partial charge in [0.2, 0.25) is 5.78 Å². The van der Waals surface area contributed by atoms with Gasteiger partial charge >= 0.3 is 0 Å². The first-order chi connectivity index (χ1) is 9.50. The molecule has 0 unspecified atom stereocenters. The Morgan fingerprint density at radius 2 is 1.50 bits per heavy atom. The average molecular weight is 406 g/mol. The van der Waals surface area contributed by atoms with Gasteiger partial charge in [0.25, 0.3) is 0 Å². The molecule has 0 N–H and O–H groups in total. The number of para-hydroxylation sites is 1. The van der Waals surface area contributed by atoms with Gasteiger partial charge in [-0.05, 0) is 56.1 Å². The number of carbonyl (C=O) groups excluding carboxylic acids is 1. The Balaban J connectivity index is 2.17. The second-order valence-corrected chi connectivity index (χ2v) is 5.57. The molecule has 0 radical (unpaired) electrons. The van der Waals surface area contributed by atoms with E-state index in [0.29, 0.717) is 14.7 Å². The van der Waals surface area contributed by atoms with Crippen LogP contribution in [0, 0.1) is 11.6 Å². The summed E-state index contributed by atoms with van der Waals surface area (Å²) in [6.07, 6.45) is 0. The van der Waals surface area contributed by atoms with Crippen molar-refractivity contribution in [3.63, 3.8) is 0 Å². The molecule has 0 aliphatic carbocycles. The van der Waals surface area contributed by atoms with Gasteiger partial charge in [-0.15, -0.1) is 0 Å². The van der Waals surface area contributed by atoms with Crippen LogP contribution in [0.2, 0.25) is 0 Å². The summed E-state index contributed by atoms with van der Waals surface area (Å²) >= 11 is 6.54. The van der Waals surface area contributed by atoms with Crippen molar-refractivity contribution in [1.82, 2.24) is 0 Å². The molecule has 0 aliphatic heterocycles. The summed E-state index contributed by atoms with van der Waals surface area (Å²) in [5, 5.41) is 0. The summed E-state index contributed by atoms with van der Waals surface area (Å²) in [7, 11) is 0. The minimum atomic E-state index is -0.898. The standard InChI is InChI=1S/C14H8Br2F2O2/c15-8-3-1-4-9(16)14(8)20-7-12(19)13-10(17)5-2-6-11(13)18/h1-6H,7H2. The van der Waals surface area contributed by atoms with E-state index >= 15 is 0 Å². The van der Waals surface area contributed by atoms with Crippen molar-refractivity contribution in [2.24, 2.45) is 0 Å². The Kier molecular flexibility index (Phi) is 4.88. The Morgan fingerprint density at radius 3 is 2.05 bits per heavy atom. The smallest absolute Gasteiger partial charge is 0.206 e. The second kappa shape index (κ2) is 6.45. The maximum absolute atomic E-state index is 13.5. The monoisotopic (exact) mass is 404 g/mol. The molecule has 0 aliphatic rings. The van der Waals surface area contributed by atoms with E-state index in [2.05, 4.69) is 31.9 Å². The lowest BCUT2D eigenvalue weighted by molar-refractivity contribution is 0.0912. The lowest BCUT2D eigenvalue weighted by Gasteiger charge is -2.10. The van der Waals surface area contributed by atoms with Gasteiger partial charge in [-0.25, -0.2) is 8.78 Å². The van der Waals surface area contributed by atoms with Crippen LogP contribution in [0.4, 0.5) is 8.78 Å². The highest BCUT2D eigenvalue weighted by molar-refractivity contribution is 9.11. The van der Waals surface area contributed by atoms with Crippen molar-refractivity contribution in [2.75, 3.05) is 6.61 Å². The molecule has 0 atom stereocenters. The van der Waals surface area contributed by atoms with Gasteiger partial charge in [-0.1, -0.05) is 12.1 Å². The number of ketones is 1. The number of rotatable bonds is 4. The fraction of sp³-hybridized carbons (Fsp3) is 0.0714. The molecule has 0 bridgehead atoms. The van der Waals surface area contributed by atoms with E-state index in [1.165, 1.54) is 6.07 Å². The molecule has 2 aromatic carbocycles. The highest BCUT2D eigenvalue weighted by Crippen LogP contribution is 2.33. The van der Waals surface area contributed by atoms with Crippen LogP contribution in [0.15, 0.2) is 45.3 Å². The summed E-state index contributed by atoms with van der Waals surface area (Å²) < 4.78 is 33.5. The van der Waals surface area contributed by atoms with Crippen molar-refractivity contribution in [1.29, 1.82) is 0 Å². The number of carbonyl (C=O) groups is 1. The van der Waals surface area contributed by atoms with Gasteiger partial charge in [0.05, 0.1) is 14.5 Å². The van der Waals surface area contributed by atoms with E-state index < -0.39 is 29.6 Å². The van der Waals surface area contributed by atoms with Gasteiger partial charge < -0.3 is 4.74 Å². The molecule has 2 nitrogen and oxygen atoms in total. The molecule has 20 heavy (non-hydrogen) atoms. The summed E-state index contributed by atoms with van der Waals surface area (Å²) in [6.45, 7) is -0.459. The van der Waals surface area contributed by atoms with E-state index in [1.807, 2.05) is 0 Å². The van der Waals surface area contributed by atoms with Crippen LogP contribution in [-0.4, -0.2) is 12.4 Å². The zero-order valence-corrected chi connectivity index (χ0v) is 13.2. The van der Waals surface area contributed by atoms with Crippen molar-refractivity contribution in [3.05, 3.63) is 62.5 Å². The van der Waals surface area contributed by atoms with E-state index in [9.17, 15) is 13.6 Å². The number of hydrogen-bond acceptors (Lipinski definition) is 2. The normalized spacial score (nSPS) is 10.4. The Morgan fingerprint density at radius 1 is 1.00 bits per heavy atom. The summed E-state index contributed by atoms with van der Waals surface area (Å²) in [4.78, 5) is 11.8. The third-order valence-electron chi connectivity index (χ3n) is 2.51. The molecule has 0 heterocycles. The largest absolute Gasteiger partial charge is 0.483 e. The fourth-order valence-electron chi connectivity index (χ4n) is 1.59. The first-order valence-corrected chi connectivity index (χ1v) is 7.13. The van der Waals surface area contributed by atoms with Gasteiger partial charge in [0, 0.05) is 0 Å². The highest BCUT2D eigenvalue weighted by atomic mass is 79.9. The number of halogens is 4. The van der Waals surface area contributed by atoms with Gasteiger partial charge in [-0.2, -0.15) is 0 Å². The van der Waals surface area contributed by atoms with Gasteiger partial charge in [-0.3, -0.25) is 4.79 Å². The quantitative estimate of drug-likeness (QED) is 0.686. The second-order valence-electron chi connectivity index (χ2n) is 3.86. The molecule has 0 saturated heterocycles. The van der Waals surface area contributed by atoms with Crippen LogP contribution in [-0.2, 0) is 0 Å². The van der Waals surface area contributed by atoms with Crippen molar-refractivity contribution < 1.29 is 18.3 Å². The summed E-state index contributed by atoms with van der Waals surface area (Å²) in [5.74, 6) is -2.16. The first kappa shape index (κ1) is 15.1. The van der Waals surface area contributed by atoms with Crippen molar-refractivity contribution in [2.45, 2.75) is 0 Å². The van der Waals surface area contributed by atoms with Crippen LogP contribution in [0.25, 0.3) is 0 Å². The Hall–Kier alpha value is -1.27. The van der Waals surface area contributed by atoms with E-state index in [4.69, 9.17) is 4.74 Å². The fourth-order valence-corrected chi connectivity index (χ4v) is 2.82. The Labute approximate surface area is 131 Å². The third kappa shape index (κ3) is 3.24. The number of Topliss-reactive ketones (excluding diaryl/α,β-unsaturated/α-hetero) is 1. The molecule has 6 heteroatoms. The summed E-state index contributed by atoms with van der Waals surface area (Å²) in [6, 6.07) is 8.50. The summed E-state index contributed by atoms with van der Waals surface area (Å²) in [5.41, 5.74) is -0.587. The molecule has 0 amide bonds. The molecule has 0 aromatic heterocycles. The predicted molar refractivity (Wildman–Crippen MR) is 78.0 cm³/mol. The minimum Gasteiger partial charge on any atom is -0.483 e. The molecular weight excluding hydrogens is 398 g/mol. The SMILES string of the molecule is O=C(COc1c(Br)cccc1Br)c1c(F)cccc1F. The average Bonchev–Trinajstić information content (AvgIpc) is 2.38. The van der Waals surface area contributed by atoms with E-state index in [1.54, 1.807) is 18.2 Å². The van der Waals surface area contributed by atoms with Crippen LogP contribution >= 0.6 is 31.9 Å². The minimum absolute atomic E-state index is 0.401. The van der Waals surface area contributed by atoms with Crippen LogP contribution in [0.3, 0.4) is 0 Å². The maximum Gasteiger partial charge on any atom is 0.206 e. The molecule has 104 valence electrons. The lowest BCUT2D eigenvalue weighted by atomic mass is 10.1. The van der Waals surface area contributed by atoms with Gasteiger partial charge in [0.1, 0.15) is 17.4 Å². The molecule has 0 fully saturated rings. The topological polar surface area (TPSA) is 26.3 Å². The number of benzene rings is 2. The number of ether oxygens (including phenoxy) is 1.